The molecule has 0 heterocycles. The van der Waals surface area contributed by atoms with Crippen LogP contribution in [0, 0.1) is 11.3 Å². The first-order valence-electron chi connectivity index (χ1n) is 5.86. The number of hydrogen-bond acceptors (Lipinski definition) is 5. The van der Waals surface area contributed by atoms with E-state index in [4.69, 9.17) is 10.4 Å². The second-order valence-electron chi connectivity index (χ2n) is 3.87. The second kappa shape index (κ2) is 8.11. The molecular formula is C13H18N2O2S. The van der Waals surface area contributed by atoms with Gasteiger partial charge in [-0.05, 0) is 24.2 Å². The van der Waals surface area contributed by atoms with Crippen molar-refractivity contribution in [2.45, 2.75) is 24.5 Å². The number of benzene rings is 1. The van der Waals surface area contributed by atoms with Gasteiger partial charge in [0, 0.05) is 17.2 Å². The lowest BCUT2D eigenvalue weighted by Gasteiger charge is -2.09. The van der Waals surface area contributed by atoms with Crippen molar-refractivity contribution in [1.29, 1.82) is 5.26 Å². The first-order valence-corrected chi connectivity index (χ1v) is 6.85. The van der Waals surface area contributed by atoms with Gasteiger partial charge < -0.3 is 15.5 Å². The minimum Gasteiger partial charge on any atom is -0.394 e. The predicted molar refractivity (Wildman–Crippen MR) is 72.4 cm³/mol. The van der Waals surface area contributed by atoms with Gasteiger partial charge in [0.1, 0.15) is 6.07 Å². The van der Waals surface area contributed by atoms with Crippen molar-refractivity contribution in [3.8, 4) is 6.07 Å². The van der Waals surface area contributed by atoms with Crippen LogP contribution in [0.1, 0.15) is 18.1 Å². The lowest BCUT2D eigenvalue weighted by molar-refractivity contribution is 0.113. The van der Waals surface area contributed by atoms with Gasteiger partial charge in [-0.2, -0.15) is 5.26 Å². The van der Waals surface area contributed by atoms with Gasteiger partial charge in [-0.15, -0.1) is 11.8 Å². The zero-order valence-corrected chi connectivity index (χ0v) is 11.2. The van der Waals surface area contributed by atoms with Crippen molar-refractivity contribution in [2.24, 2.45) is 0 Å². The quantitative estimate of drug-likeness (QED) is 0.645. The van der Waals surface area contributed by atoms with E-state index >= 15 is 0 Å². The average Bonchev–Trinajstić information content (AvgIpc) is 2.42. The van der Waals surface area contributed by atoms with Gasteiger partial charge >= 0.3 is 0 Å². The Hall–Kier alpha value is -1.06. The molecule has 1 aromatic rings. The molecule has 1 atom stereocenters. The van der Waals surface area contributed by atoms with Crippen LogP contribution >= 0.6 is 11.8 Å². The number of nitrogens with one attached hydrogen (secondary N) is 1. The molecule has 0 saturated heterocycles. The Kier molecular flexibility index (Phi) is 6.76. The van der Waals surface area contributed by atoms with Gasteiger partial charge in [0.05, 0.1) is 18.3 Å². The molecule has 0 amide bonds. The molecule has 0 radical (unpaired) electrons. The van der Waals surface area contributed by atoms with Gasteiger partial charge in [0.25, 0.3) is 0 Å². The van der Waals surface area contributed by atoms with Crippen LogP contribution < -0.4 is 5.32 Å². The molecule has 0 fully saturated rings. The van der Waals surface area contributed by atoms with Crippen LogP contribution in [0.25, 0.3) is 0 Å². The molecule has 1 aromatic carbocycles. The summed E-state index contributed by atoms with van der Waals surface area (Å²) >= 11 is 1.38. The van der Waals surface area contributed by atoms with Crippen LogP contribution in [0.4, 0.5) is 0 Å². The maximum atomic E-state index is 9.29. The van der Waals surface area contributed by atoms with Gasteiger partial charge in [-0.25, -0.2) is 0 Å². The van der Waals surface area contributed by atoms with E-state index in [1.54, 1.807) is 0 Å². The molecule has 4 nitrogen and oxygen atoms in total. The molecule has 1 unspecified atom stereocenters. The predicted octanol–water partition coefficient (Wildman–Crippen LogP) is 1.11. The molecule has 0 aliphatic carbocycles. The van der Waals surface area contributed by atoms with E-state index < -0.39 is 6.10 Å². The van der Waals surface area contributed by atoms with Crippen molar-refractivity contribution >= 4 is 11.8 Å². The van der Waals surface area contributed by atoms with Crippen LogP contribution in [0.5, 0.6) is 0 Å². The highest BCUT2D eigenvalue weighted by Gasteiger charge is 2.07. The van der Waals surface area contributed by atoms with Crippen molar-refractivity contribution in [1.82, 2.24) is 5.32 Å². The normalized spacial score (nSPS) is 12.1. The summed E-state index contributed by atoms with van der Waals surface area (Å²) in [6.45, 7) is 3.41. The van der Waals surface area contributed by atoms with E-state index in [-0.39, 0.29) is 6.61 Å². The van der Waals surface area contributed by atoms with Gasteiger partial charge in [-0.1, -0.05) is 13.0 Å². The monoisotopic (exact) mass is 266 g/mol. The summed E-state index contributed by atoms with van der Waals surface area (Å²) in [6, 6.07) is 7.88. The Bertz CT molecular complexity index is 418. The van der Waals surface area contributed by atoms with E-state index in [0.29, 0.717) is 11.3 Å². The Morgan fingerprint density at radius 1 is 1.50 bits per heavy atom. The van der Waals surface area contributed by atoms with Crippen LogP contribution in [0.3, 0.4) is 0 Å². The van der Waals surface area contributed by atoms with Crippen LogP contribution in [0.15, 0.2) is 23.1 Å². The standard InChI is InChI=1S/C13H18N2O2S/c1-2-15-7-10-3-4-13(11(5-10)6-14)18-9-12(17)8-16/h3-5,12,15-17H,2,7-9H2,1H3. The minimum absolute atomic E-state index is 0.257. The average molecular weight is 266 g/mol. The van der Waals surface area contributed by atoms with E-state index in [2.05, 4.69) is 11.4 Å². The maximum Gasteiger partial charge on any atom is 0.100 e. The summed E-state index contributed by atoms with van der Waals surface area (Å²) in [7, 11) is 0. The summed E-state index contributed by atoms with van der Waals surface area (Å²) in [6.07, 6.45) is -0.747. The molecule has 0 bridgehead atoms. The summed E-state index contributed by atoms with van der Waals surface area (Å²) in [4.78, 5) is 0.838. The number of nitrogens with zero attached hydrogens (tertiary/aromatic N) is 1. The van der Waals surface area contributed by atoms with E-state index in [9.17, 15) is 5.11 Å². The molecule has 98 valence electrons. The molecule has 0 aliphatic rings. The molecule has 0 spiro atoms. The summed E-state index contributed by atoms with van der Waals surface area (Å²) < 4.78 is 0. The van der Waals surface area contributed by atoms with Crippen molar-refractivity contribution < 1.29 is 10.2 Å². The Morgan fingerprint density at radius 3 is 2.89 bits per heavy atom. The highest BCUT2D eigenvalue weighted by Crippen LogP contribution is 2.24. The molecule has 3 N–H and O–H groups in total. The summed E-state index contributed by atoms with van der Waals surface area (Å²) in [5, 5.41) is 30.3. The highest BCUT2D eigenvalue weighted by molar-refractivity contribution is 7.99. The number of aliphatic hydroxyl groups is 2. The summed E-state index contributed by atoms with van der Waals surface area (Å²) in [5.41, 5.74) is 1.68. The zero-order valence-electron chi connectivity index (χ0n) is 10.4. The lowest BCUT2D eigenvalue weighted by atomic mass is 10.1. The first-order chi connectivity index (χ1) is 8.71. The highest BCUT2D eigenvalue weighted by atomic mass is 32.2. The topological polar surface area (TPSA) is 76.3 Å². The van der Waals surface area contributed by atoms with Crippen LogP contribution in [0.2, 0.25) is 0 Å². The third kappa shape index (κ3) is 4.67. The molecule has 0 aromatic heterocycles. The number of hydrogen-bond donors (Lipinski definition) is 3. The molecule has 18 heavy (non-hydrogen) atoms. The van der Waals surface area contributed by atoms with Crippen molar-refractivity contribution in [3.05, 3.63) is 29.3 Å². The SMILES string of the molecule is CCNCc1ccc(SCC(O)CO)c(C#N)c1. The molecule has 0 saturated carbocycles. The second-order valence-corrected chi connectivity index (χ2v) is 4.93. The zero-order chi connectivity index (χ0) is 13.4. The number of nitriles is 1. The smallest absolute Gasteiger partial charge is 0.100 e. The third-order valence-corrected chi connectivity index (χ3v) is 3.60. The number of rotatable bonds is 7. The Labute approximate surface area is 112 Å². The van der Waals surface area contributed by atoms with Crippen molar-refractivity contribution in [3.63, 3.8) is 0 Å². The molecule has 0 aliphatic heterocycles. The van der Waals surface area contributed by atoms with Crippen LogP contribution in [-0.4, -0.2) is 35.2 Å². The third-order valence-electron chi connectivity index (χ3n) is 2.39. The van der Waals surface area contributed by atoms with E-state index in [0.717, 1.165) is 23.5 Å². The first kappa shape index (κ1) is 15.0. The molecule has 1 rings (SSSR count). The largest absolute Gasteiger partial charge is 0.394 e. The molecule has 5 heteroatoms. The molecular weight excluding hydrogens is 248 g/mol. The fourth-order valence-electron chi connectivity index (χ4n) is 1.41. The minimum atomic E-state index is -0.747. The van der Waals surface area contributed by atoms with Crippen molar-refractivity contribution in [2.75, 3.05) is 18.9 Å². The van der Waals surface area contributed by atoms with E-state index in [1.165, 1.54) is 11.8 Å². The van der Waals surface area contributed by atoms with Gasteiger partial charge in [-0.3, -0.25) is 0 Å². The van der Waals surface area contributed by atoms with Gasteiger partial charge in [0.15, 0.2) is 0 Å². The van der Waals surface area contributed by atoms with E-state index in [1.807, 2.05) is 25.1 Å². The number of aliphatic hydroxyl groups excluding tert-OH is 2. The fourth-order valence-corrected chi connectivity index (χ4v) is 2.31. The lowest BCUT2D eigenvalue weighted by Crippen LogP contribution is -2.14. The Balaban J connectivity index is 2.71. The van der Waals surface area contributed by atoms with Gasteiger partial charge in [0.2, 0.25) is 0 Å². The Morgan fingerprint density at radius 2 is 2.28 bits per heavy atom. The number of thioether (sulfide) groups is 1. The summed E-state index contributed by atoms with van der Waals surface area (Å²) in [5.74, 6) is 0.387. The van der Waals surface area contributed by atoms with Crippen LogP contribution in [-0.2, 0) is 6.54 Å². The fraction of sp³-hybridized carbons (Fsp3) is 0.462. The maximum absolute atomic E-state index is 9.29.